The number of aliphatic hydroxyl groups excluding tert-OH is 6. The maximum atomic E-state index is 13.2. The Labute approximate surface area is 374 Å². The Morgan fingerprint density at radius 2 is 0.951 bits per heavy atom. The lowest BCUT2D eigenvalue weighted by Gasteiger charge is -2.40. The summed E-state index contributed by atoms with van der Waals surface area (Å²) in [6.07, 6.45) is 29.0. The summed E-state index contributed by atoms with van der Waals surface area (Å²) in [6.45, 7) is 9.42. The fourth-order valence-corrected chi connectivity index (χ4v) is 8.61. The van der Waals surface area contributed by atoms with Gasteiger partial charge in [0, 0.05) is 6.42 Å². The Morgan fingerprint density at radius 3 is 1.38 bits per heavy atom. The van der Waals surface area contributed by atoms with E-state index in [0.717, 1.165) is 51.5 Å². The van der Waals surface area contributed by atoms with Crippen molar-refractivity contribution in [3.63, 3.8) is 0 Å². The van der Waals surface area contributed by atoms with Gasteiger partial charge in [-0.1, -0.05) is 194 Å². The molecule has 11 heteroatoms. The minimum Gasteiger partial charge on any atom is -0.394 e. The molecule has 1 amide bonds. The summed E-state index contributed by atoms with van der Waals surface area (Å²) in [5.41, 5.74) is 0. The van der Waals surface area contributed by atoms with Crippen LogP contribution in [0, 0.1) is 0 Å². The van der Waals surface area contributed by atoms with Crippen LogP contribution in [0.1, 0.15) is 233 Å². The summed E-state index contributed by atoms with van der Waals surface area (Å²) in [7, 11) is 0. The summed E-state index contributed by atoms with van der Waals surface area (Å²) in [5.74, 6) is -0.255. The average molecular weight is 873 g/mol. The molecule has 0 bridgehead atoms. The average Bonchev–Trinajstić information content (AvgIpc) is 3.26. The number of rotatable bonds is 44. The first-order chi connectivity index (χ1) is 29.7. The van der Waals surface area contributed by atoms with Crippen LogP contribution in [0.5, 0.6) is 0 Å². The second-order valence-electron chi connectivity index (χ2n) is 18.5. The molecule has 0 aromatic heterocycles. The van der Waals surface area contributed by atoms with Gasteiger partial charge in [-0.25, -0.2) is 0 Å². The number of amides is 1. The molecule has 7 N–H and O–H groups in total. The highest BCUT2D eigenvalue weighted by molar-refractivity contribution is 5.76. The predicted octanol–water partition coefficient (Wildman–Crippen LogP) is 9.24. The van der Waals surface area contributed by atoms with Crippen molar-refractivity contribution in [2.24, 2.45) is 0 Å². The third-order valence-electron chi connectivity index (χ3n) is 12.8. The Morgan fingerprint density at radius 1 is 0.557 bits per heavy atom. The van der Waals surface area contributed by atoms with Gasteiger partial charge in [-0.2, -0.15) is 0 Å². The zero-order chi connectivity index (χ0) is 44.8. The Hall–Kier alpha value is -0.890. The molecule has 0 aromatic rings. The van der Waals surface area contributed by atoms with Crippen molar-refractivity contribution >= 4 is 5.91 Å². The number of nitrogens with one attached hydrogen (secondary N) is 1. The molecule has 1 rings (SSSR count). The van der Waals surface area contributed by atoms with Gasteiger partial charge in [0.25, 0.3) is 0 Å². The molecule has 0 radical (unpaired) electrons. The van der Waals surface area contributed by atoms with Crippen LogP contribution < -0.4 is 5.32 Å². The molecule has 364 valence electrons. The molecule has 0 saturated carbocycles. The molecular formula is C50H100N2O9. The Bertz CT molecular complexity index is 944. The summed E-state index contributed by atoms with van der Waals surface area (Å²) >= 11 is 0. The van der Waals surface area contributed by atoms with Crippen LogP contribution in [-0.2, 0) is 14.3 Å². The lowest BCUT2D eigenvalue weighted by Crippen LogP contribution is -2.60. The van der Waals surface area contributed by atoms with E-state index >= 15 is 0 Å². The predicted molar refractivity (Wildman–Crippen MR) is 249 cm³/mol. The zero-order valence-corrected chi connectivity index (χ0v) is 39.8. The van der Waals surface area contributed by atoms with E-state index < -0.39 is 55.6 Å². The van der Waals surface area contributed by atoms with E-state index in [1.807, 2.05) is 0 Å². The van der Waals surface area contributed by atoms with Gasteiger partial charge in [-0.3, -0.25) is 4.79 Å². The number of hydrogen-bond donors (Lipinski definition) is 7. The molecule has 0 spiro atoms. The SMILES string of the molecule is CCCCCCCCCCCCCC[C@@H](O)[C@@H](O)[C@H](CO[C@H]1O[C@H](CO)[C@H](O)[C@H](O)[C@H]1O)NC(=O)CCCCCCCN(CCCCCCCCC)CCCCCCCCC. The summed E-state index contributed by atoms with van der Waals surface area (Å²) in [4.78, 5) is 15.9. The van der Waals surface area contributed by atoms with E-state index in [4.69, 9.17) is 9.47 Å². The molecule has 61 heavy (non-hydrogen) atoms. The second kappa shape index (κ2) is 40.6. The Kier molecular flexibility index (Phi) is 38.7. The fourth-order valence-electron chi connectivity index (χ4n) is 8.61. The van der Waals surface area contributed by atoms with Gasteiger partial charge in [0.1, 0.15) is 30.5 Å². The van der Waals surface area contributed by atoms with Crippen molar-refractivity contribution in [3.05, 3.63) is 0 Å². The van der Waals surface area contributed by atoms with Crippen molar-refractivity contribution in [1.29, 1.82) is 0 Å². The smallest absolute Gasteiger partial charge is 0.220 e. The van der Waals surface area contributed by atoms with Crippen molar-refractivity contribution in [2.45, 2.75) is 282 Å². The molecule has 0 aromatic carbocycles. The van der Waals surface area contributed by atoms with Gasteiger partial charge in [0.2, 0.25) is 5.91 Å². The first kappa shape index (κ1) is 58.1. The molecule has 1 fully saturated rings. The standard InChI is InChI=1S/C50H100N2O9/c1-4-7-10-13-16-17-18-19-20-21-25-30-35-43(54)46(56)42(41-60-50-49(59)48(58)47(57)44(40-53)61-50)51-45(55)36-31-26-24-29-34-39-52(37-32-27-22-14-11-8-5-2)38-33-28-23-15-12-9-6-3/h42-44,46-50,53-54,56-59H,4-41H2,1-3H3,(H,51,55)/t42-,43+,44+,46-,47-,48-,49+,50-/m0/s1. The highest BCUT2D eigenvalue weighted by Gasteiger charge is 2.44. The minimum absolute atomic E-state index is 0.255. The van der Waals surface area contributed by atoms with Gasteiger partial charge in [0.15, 0.2) is 6.29 Å². The lowest BCUT2D eigenvalue weighted by atomic mass is 9.98. The van der Waals surface area contributed by atoms with Gasteiger partial charge in [0.05, 0.1) is 25.4 Å². The molecule has 1 aliphatic heterocycles. The number of nitrogens with zero attached hydrogens (tertiary/aromatic N) is 1. The quantitative estimate of drug-likeness (QED) is 0.0293. The molecule has 1 saturated heterocycles. The highest BCUT2D eigenvalue weighted by Crippen LogP contribution is 2.23. The van der Waals surface area contributed by atoms with Gasteiger partial charge in [-0.05, 0) is 51.7 Å². The van der Waals surface area contributed by atoms with Crippen molar-refractivity contribution in [3.8, 4) is 0 Å². The van der Waals surface area contributed by atoms with E-state index in [2.05, 4.69) is 31.0 Å². The molecule has 1 aliphatic rings. The molecule has 1 heterocycles. The van der Waals surface area contributed by atoms with E-state index in [1.54, 1.807) is 0 Å². The van der Waals surface area contributed by atoms with E-state index in [1.165, 1.54) is 161 Å². The van der Waals surface area contributed by atoms with Crippen molar-refractivity contribution in [2.75, 3.05) is 32.8 Å². The van der Waals surface area contributed by atoms with Crippen LogP contribution in [0.15, 0.2) is 0 Å². The number of aliphatic hydroxyl groups is 6. The zero-order valence-electron chi connectivity index (χ0n) is 39.8. The molecule has 0 unspecified atom stereocenters. The topological polar surface area (TPSA) is 172 Å². The van der Waals surface area contributed by atoms with E-state index in [0.29, 0.717) is 12.8 Å². The maximum Gasteiger partial charge on any atom is 0.220 e. The van der Waals surface area contributed by atoms with Crippen LogP contribution in [0.3, 0.4) is 0 Å². The summed E-state index contributed by atoms with van der Waals surface area (Å²) in [6, 6.07) is -0.995. The van der Waals surface area contributed by atoms with E-state index in [-0.39, 0.29) is 18.9 Å². The third kappa shape index (κ3) is 30.0. The summed E-state index contributed by atoms with van der Waals surface area (Å²) < 4.78 is 11.2. The first-order valence-electron chi connectivity index (χ1n) is 26.0. The van der Waals surface area contributed by atoms with Gasteiger partial charge >= 0.3 is 0 Å². The van der Waals surface area contributed by atoms with E-state index in [9.17, 15) is 35.4 Å². The number of carbonyl (C=O) groups is 1. The minimum atomic E-state index is -1.61. The van der Waals surface area contributed by atoms with Crippen LogP contribution in [-0.4, -0.2) is 123 Å². The van der Waals surface area contributed by atoms with Crippen molar-refractivity contribution < 1.29 is 44.9 Å². The highest BCUT2D eigenvalue weighted by atomic mass is 16.7. The molecule has 8 atom stereocenters. The van der Waals surface area contributed by atoms with Crippen LogP contribution in [0.2, 0.25) is 0 Å². The number of unbranched alkanes of at least 4 members (excludes halogenated alkanes) is 27. The lowest BCUT2D eigenvalue weighted by molar-refractivity contribution is -0.303. The van der Waals surface area contributed by atoms with Gasteiger partial charge in [-0.15, -0.1) is 0 Å². The first-order valence-corrected chi connectivity index (χ1v) is 26.0. The van der Waals surface area contributed by atoms with Crippen LogP contribution in [0.25, 0.3) is 0 Å². The monoisotopic (exact) mass is 873 g/mol. The maximum absolute atomic E-state index is 13.2. The second-order valence-corrected chi connectivity index (χ2v) is 18.5. The fraction of sp³-hybridized carbons (Fsp3) is 0.980. The van der Waals surface area contributed by atoms with Gasteiger partial charge < -0.3 is 50.3 Å². The molecular weight excluding hydrogens is 773 g/mol. The van der Waals surface area contributed by atoms with Crippen molar-refractivity contribution in [1.82, 2.24) is 10.2 Å². The van der Waals surface area contributed by atoms with Crippen LogP contribution >= 0.6 is 0 Å². The third-order valence-corrected chi connectivity index (χ3v) is 12.8. The number of hydrogen-bond acceptors (Lipinski definition) is 10. The molecule has 11 nitrogen and oxygen atoms in total. The van der Waals surface area contributed by atoms with Crippen LogP contribution in [0.4, 0.5) is 0 Å². The number of carbonyl (C=O) groups excluding carboxylic acids is 1. The normalized spacial score (nSPS) is 20.9. The number of ether oxygens (including phenoxy) is 2. The Balaban J connectivity index is 2.56. The largest absolute Gasteiger partial charge is 0.394 e. The molecule has 0 aliphatic carbocycles. The summed E-state index contributed by atoms with van der Waals surface area (Å²) in [5, 5.41) is 65.6.